The summed E-state index contributed by atoms with van der Waals surface area (Å²) in [6, 6.07) is -0.351. The van der Waals surface area contributed by atoms with E-state index >= 15 is 0 Å². The summed E-state index contributed by atoms with van der Waals surface area (Å²) in [5.41, 5.74) is 0. The normalized spacial score (nSPS) is 25.5. The fraction of sp³-hybridized carbons (Fsp3) is 0.688. The number of hydrogen-bond acceptors (Lipinski definition) is 5. The Balaban J connectivity index is 1.76. The van der Waals surface area contributed by atoms with Crippen molar-refractivity contribution >= 4 is 20.3 Å². The zero-order valence-electron chi connectivity index (χ0n) is 15.1. The van der Waals surface area contributed by atoms with Gasteiger partial charge in [0, 0.05) is 18.9 Å². The van der Waals surface area contributed by atoms with Gasteiger partial charge in [0.15, 0.2) is 0 Å². The molecular formula is C16H27N5O3Si. The molecule has 3 rings (SSSR count). The molecule has 0 unspecified atom stereocenters. The topological polar surface area (TPSA) is 79.7 Å². The number of amides is 2. The van der Waals surface area contributed by atoms with Gasteiger partial charge in [-0.25, -0.2) is 9.78 Å². The molecule has 1 aromatic rings. The predicted octanol–water partition coefficient (Wildman–Crippen LogP) is 1.55. The van der Waals surface area contributed by atoms with Crippen LogP contribution in [0.5, 0.6) is 0 Å². The Hall–Kier alpha value is -1.71. The van der Waals surface area contributed by atoms with E-state index in [9.17, 15) is 9.59 Å². The fourth-order valence-electron chi connectivity index (χ4n) is 3.60. The first-order valence-corrected chi connectivity index (χ1v) is 11.9. The van der Waals surface area contributed by atoms with Gasteiger partial charge in [0.25, 0.3) is 0 Å². The number of imidazole rings is 1. The zero-order chi connectivity index (χ0) is 18.0. The van der Waals surface area contributed by atoms with Crippen LogP contribution in [-0.4, -0.2) is 64.8 Å². The average molecular weight is 366 g/mol. The Labute approximate surface area is 149 Å². The molecule has 8 nitrogen and oxygen atoms in total. The molecule has 0 saturated carbocycles. The molecule has 2 aliphatic rings. The van der Waals surface area contributed by atoms with Crippen molar-refractivity contribution in [1.82, 2.24) is 24.2 Å². The van der Waals surface area contributed by atoms with E-state index in [4.69, 9.17) is 4.84 Å². The molecule has 25 heavy (non-hydrogen) atoms. The first kappa shape index (κ1) is 18.1. The maximum atomic E-state index is 12.9. The monoisotopic (exact) mass is 365 g/mol. The molecule has 0 aromatic carbocycles. The SMILES string of the molecule is CCCCON(C(=O)n1ccnc1)[C@@H]1CC[C@H]2C(=O)N[Si](C)(C)N2C1. The molecule has 138 valence electrons. The number of nitrogens with zero attached hydrogens (tertiary/aromatic N) is 4. The van der Waals surface area contributed by atoms with Crippen molar-refractivity contribution in [3.05, 3.63) is 18.7 Å². The standard InChI is InChI=1S/C16H27N5O3Si/c1-4-5-10-24-21(16(23)19-9-8-17-12-19)13-6-7-14-15(22)18-25(2,3)20(14)11-13/h8-9,12-14H,4-7,10-11H2,1-3H3,(H,18,22)/t13-,14+/m1/s1. The molecule has 0 radical (unpaired) electrons. The molecule has 1 aromatic heterocycles. The van der Waals surface area contributed by atoms with Crippen LogP contribution in [0.3, 0.4) is 0 Å². The lowest BCUT2D eigenvalue weighted by atomic mass is 10.0. The number of hydrogen-bond donors (Lipinski definition) is 1. The first-order chi connectivity index (χ1) is 11.9. The molecule has 2 fully saturated rings. The van der Waals surface area contributed by atoms with Gasteiger partial charge in [-0.3, -0.25) is 18.8 Å². The Kier molecular flexibility index (Phi) is 5.26. The summed E-state index contributed by atoms with van der Waals surface area (Å²) in [5, 5.41) is 1.50. The van der Waals surface area contributed by atoms with E-state index < -0.39 is 8.40 Å². The molecule has 0 bridgehead atoms. The summed E-state index contributed by atoms with van der Waals surface area (Å²) in [5.74, 6) is 0.134. The maximum Gasteiger partial charge on any atom is 0.353 e. The van der Waals surface area contributed by atoms with Crippen molar-refractivity contribution < 1.29 is 14.4 Å². The van der Waals surface area contributed by atoms with Gasteiger partial charge >= 0.3 is 6.03 Å². The van der Waals surface area contributed by atoms with Crippen molar-refractivity contribution in [3.63, 3.8) is 0 Å². The van der Waals surface area contributed by atoms with E-state index in [1.54, 1.807) is 12.4 Å². The van der Waals surface area contributed by atoms with Crippen molar-refractivity contribution in [1.29, 1.82) is 0 Å². The highest BCUT2D eigenvalue weighted by Crippen LogP contribution is 2.30. The van der Waals surface area contributed by atoms with Crippen LogP contribution in [0.1, 0.15) is 32.6 Å². The van der Waals surface area contributed by atoms with Crippen molar-refractivity contribution in [2.24, 2.45) is 0 Å². The summed E-state index contributed by atoms with van der Waals surface area (Å²) < 4.78 is 3.72. The third-order valence-corrected chi connectivity index (χ3v) is 7.77. The summed E-state index contributed by atoms with van der Waals surface area (Å²) >= 11 is 0. The van der Waals surface area contributed by atoms with Crippen molar-refractivity contribution in [3.8, 4) is 0 Å². The van der Waals surface area contributed by atoms with E-state index in [-0.39, 0.29) is 24.0 Å². The van der Waals surface area contributed by atoms with E-state index in [1.807, 2.05) is 0 Å². The minimum Gasteiger partial charge on any atom is -0.368 e. The highest BCUT2D eigenvalue weighted by atomic mass is 28.3. The third kappa shape index (κ3) is 3.63. The number of rotatable bonds is 5. The van der Waals surface area contributed by atoms with Crippen molar-refractivity contribution in [2.75, 3.05) is 13.2 Å². The summed E-state index contributed by atoms with van der Waals surface area (Å²) in [6.07, 6.45) is 8.10. The quantitative estimate of drug-likeness (QED) is 0.486. The Bertz CT molecular complexity index is 621. The van der Waals surface area contributed by atoms with E-state index in [0.717, 1.165) is 25.7 Å². The molecule has 1 N–H and O–H groups in total. The van der Waals surface area contributed by atoms with Crippen LogP contribution < -0.4 is 4.98 Å². The number of piperidine rings is 1. The van der Waals surface area contributed by atoms with E-state index in [0.29, 0.717) is 13.2 Å². The Morgan fingerprint density at radius 1 is 1.48 bits per heavy atom. The molecule has 2 aliphatic heterocycles. The lowest BCUT2D eigenvalue weighted by Gasteiger charge is -2.42. The van der Waals surface area contributed by atoms with Gasteiger partial charge in [0.1, 0.15) is 6.33 Å². The molecule has 3 heterocycles. The second kappa shape index (κ2) is 7.26. The minimum atomic E-state index is -1.97. The van der Waals surface area contributed by atoms with Crippen LogP contribution in [0.4, 0.5) is 4.79 Å². The predicted molar refractivity (Wildman–Crippen MR) is 94.9 cm³/mol. The highest BCUT2D eigenvalue weighted by Gasteiger charge is 2.51. The van der Waals surface area contributed by atoms with Crippen molar-refractivity contribution in [2.45, 2.75) is 57.8 Å². The number of nitrogens with one attached hydrogen (secondary N) is 1. The van der Waals surface area contributed by atoms with Crippen LogP contribution in [-0.2, 0) is 9.63 Å². The lowest BCUT2D eigenvalue weighted by molar-refractivity contribution is -0.155. The van der Waals surface area contributed by atoms with Crippen LogP contribution in [0.2, 0.25) is 13.1 Å². The summed E-state index contributed by atoms with van der Waals surface area (Å²) in [6.45, 7) is 7.52. The molecular weight excluding hydrogens is 338 g/mol. The second-order valence-electron chi connectivity index (χ2n) is 7.21. The number of fused-ring (bicyclic) bond motifs is 1. The van der Waals surface area contributed by atoms with Crippen LogP contribution in [0, 0.1) is 0 Å². The summed E-state index contributed by atoms with van der Waals surface area (Å²) in [7, 11) is -1.97. The van der Waals surface area contributed by atoms with Crippen LogP contribution in [0.25, 0.3) is 0 Å². The minimum absolute atomic E-state index is 0.0567. The second-order valence-corrected chi connectivity index (χ2v) is 11.2. The zero-order valence-corrected chi connectivity index (χ0v) is 16.1. The van der Waals surface area contributed by atoms with Gasteiger partial charge in [0.05, 0.1) is 18.7 Å². The van der Waals surface area contributed by atoms with Gasteiger partial charge in [0.2, 0.25) is 14.3 Å². The third-order valence-electron chi connectivity index (χ3n) is 4.98. The number of aromatic nitrogens is 2. The number of carbonyl (C=O) groups is 2. The van der Waals surface area contributed by atoms with Gasteiger partial charge in [-0.2, -0.15) is 5.06 Å². The Morgan fingerprint density at radius 2 is 2.28 bits per heavy atom. The van der Waals surface area contributed by atoms with Gasteiger partial charge in [-0.1, -0.05) is 13.3 Å². The molecule has 0 spiro atoms. The fourth-order valence-corrected chi connectivity index (χ4v) is 6.21. The van der Waals surface area contributed by atoms with Gasteiger partial charge in [-0.05, 0) is 32.4 Å². The molecule has 9 heteroatoms. The van der Waals surface area contributed by atoms with E-state index in [2.05, 4.69) is 34.5 Å². The number of hydroxylamine groups is 2. The maximum absolute atomic E-state index is 12.9. The number of unbranched alkanes of at least 4 members (excludes halogenated alkanes) is 1. The van der Waals surface area contributed by atoms with E-state index in [1.165, 1.54) is 16.0 Å². The van der Waals surface area contributed by atoms with Gasteiger partial charge < -0.3 is 4.98 Å². The smallest absolute Gasteiger partial charge is 0.353 e. The molecule has 2 amide bonds. The molecule has 2 atom stereocenters. The van der Waals surface area contributed by atoms with Crippen LogP contribution in [0.15, 0.2) is 18.7 Å². The Morgan fingerprint density at radius 3 is 2.96 bits per heavy atom. The number of carbonyl (C=O) groups excluding carboxylic acids is 2. The first-order valence-electron chi connectivity index (χ1n) is 8.97. The average Bonchev–Trinajstić information content (AvgIpc) is 3.18. The molecule has 2 saturated heterocycles. The van der Waals surface area contributed by atoms with Crippen LogP contribution >= 0.6 is 0 Å². The largest absolute Gasteiger partial charge is 0.368 e. The summed E-state index contributed by atoms with van der Waals surface area (Å²) in [4.78, 5) is 38.0. The highest BCUT2D eigenvalue weighted by molar-refractivity contribution is 6.76. The molecule has 0 aliphatic carbocycles. The van der Waals surface area contributed by atoms with Gasteiger partial charge in [-0.15, -0.1) is 0 Å². The lowest BCUT2D eigenvalue weighted by Crippen LogP contribution is -2.60.